The maximum atomic E-state index is 2.61. The van der Waals surface area contributed by atoms with E-state index in [1.54, 1.807) is 0 Å². The van der Waals surface area contributed by atoms with Gasteiger partial charge in [0.05, 0.1) is 0 Å². The molecule has 1 aromatic heterocycles. The molecule has 9 rings (SSSR count). The molecule has 2 aliphatic rings. The first kappa shape index (κ1) is 40.6. The van der Waals surface area contributed by atoms with E-state index in [9.17, 15) is 0 Å². The second-order valence-corrected chi connectivity index (χ2v) is 24.0. The van der Waals surface area contributed by atoms with Crippen molar-refractivity contribution in [2.45, 2.75) is 131 Å². The van der Waals surface area contributed by atoms with Crippen molar-refractivity contribution in [3.63, 3.8) is 0 Å². The quantitative estimate of drug-likeness (QED) is 0.161. The van der Waals surface area contributed by atoms with Crippen molar-refractivity contribution in [2.75, 3.05) is 9.80 Å². The summed E-state index contributed by atoms with van der Waals surface area (Å²) in [5, 5.41) is 2.69. The van der Waals surface area contributed by atoms with Gasteiger partial charge in [-0.25, -0.2) is 0 Å². The average molecular weight is 807 g/mol. The van der Waals surface area contributed by atoms with Gasteiger partial charge in [0.15, 0.2) is 0 Å². The Morgan fingerprint density at radius 3 is 1.27 bits per heavy atom. The summed E-state index contributed by atoms with van der Waals surface area (Å²) in [6, 6.07) is 43.5. The predicted octanol–water partition coefficient (Wildman–Crippen LogP) is 14.6. The molecule has 0 unspecified atom stereocenters. The van der Waals surface area contributed by atoms with Crippen molar-refractivity contribution >= 4 is 88.7 Å². The minimum Gasteiger partial charge on any atom is -0.311 e. The van der Waals surface area contributed by atoms with Crippen LogP contribution in [0.25, 0.3) is 20.2 Å². The van der Waals surface area contributed by atoms with Gasteiger partial charge in [-0.3, -0.25) is 0 Å². The van der Waals surface area contributed by atoms with Gasteiger partial charge in [0.25, 0.3) is 6.71 Å². The van der Waals surface area contributed by atoms with Crippen molar-refractivity contribution in [3.8, 4) is 0 Å². The zero-order chi connectivity index (χ0) is 43.1. The molecule has 6 aromatic carbocycles. The topological polar surface area (TPSA) is 6.48 Å². The number of nitrogens with zero attached hydrogens (tertiary/aromatic N) is 2. The van der Waals surface area contributed by atoms with Gasteiger partial charge in [-0.1, -0.05) is 146 Å². The normalized spacial score (nSPS) is 14.5. The molecule has 0 N–H and O–H groups in total. The Labute approximate surface area is 364 Å². The van der Waals surface area contributed by atoms with Crippen LogP contribution in [0.1, 0.15) is 132 Å². The molecule has 2 nitrogen and oxygen atoms in total. The van der Waals surface area contributed by atoms with Crippen molar-refractivity contribution in [2.24, 2.45) is 0 Å². The Hall–Kier alpha value is -4.80. The Kier molecular flexibility index (Phi) is 9.03. The van der Waals surface area contributed by atoms with Gasteiger partial charge in [0, 0.05) is 54.3 Å². The molecule has 306 valence electrons. The SMILES string of the molecule is CC(C)(C)c1ccc(N2c3ccc(C(C)(C)C)cc3B3c4cc5sc6ccc(C(C)(C)C)cc6c5cc4N(c4ccc(C(C)(C)C)cc4)c4cc(C(C)(C)C)cc2c43)cc1. The molecule has 4 heteroatoms. The van der Waals surface area contributed by atoms with E-state index in [4.69, 9.17) is 0 Å². The Morgan fingerprint density at radius 1 is 0.350 bits per heavy atom. The first-order valence-corrected chi connectivity index (χ1v) is 22.9. The highest BCUT2D eigenvalue weighted by atomic mass is 32.1. The van der Waals surface area contributed by atoms with Crippen LogP contribution in [0.3, 0.4) is 0 Å². The zero-order valence-corrected chi connectivity index (χ0v) is 39.6. The fourth-order valence-corrected chi connectivity index (χ4v) is 10.5. The zero-order valence-electron chi connectivity index (χ0n) is 38.8. The van der Waals surface area contributed by atoms with E-state index >= 15 is 0 Å². The number of fused-ring (bicyclic) bond motifs is 7. The Bertz CT molecular complexity index is 2820. The second-order valence-electron chi connectivity index (χ2n) is 22.9. The third kappa shape index (κ3) is 6.69. The first-order valence-electron chi connectivity index (χ1n) is 22.0. The van der Waals surface area contributed by atoms with Crippen LogP contribution in [0, 0.1) is 0 Å². The molecular weight excluding hydrogens is 744 g/mol. The summed E-state index contributed by atoms with van der Waals surface area (Å²) in [5.41, 5.74) is 18.4. The molecule has 0 radical (unpaired) electrons. The molecule has 0 saturated carbocycles. The number of thiophene rings is 1. The van der Waals surface area contributed by atoms with Gasteiger partial charge in [-0.15, -0.1) is 11.3 Å². The summed E-state index contributed by atoms with van der Waals surface area (Å²) in [7, 11) is 0. The van der Waals surface area contributed by atoms with Crippen molar-refractivity contribution < 1.29 is 0 Å². The smallest absolute Gasteiger partial charge is 0.252 e. The fourth-order valence-electron chi connectivity index (χ4n) is 9.41. The second kappa shape index (κ2) is 13.4. The van der Waals surface area contributed by atoms with Crippen molar-refractivity contribution in [3.05, 3.63) is 137 Å². The number of hydrogen-bond donors (Lipinski definition) is 0. The molecule has 0 bridgehead atoms. The molecule has 2 aliphatic heterocycles. The molecule has 0 amide bonds. The summed E-state index contributed by atoms with van der Waals surface area (Å²) in [4.78, 5) is 5.19. The first-order chi connectivity index (χ1) is 27.9. The van der Waals surface area contributed by atoms with Gasteiger partial charge < -0.3 is 9.80 Å². The van der Waals surface area contributed by atoms with Crippen LogP contribution in [0.2, 0.25) is 0 Å². The van der Waals surface area contributed by atoms with Crippen molar-refractivity contribution in [1.29, 1.82) is 0 Å². The van der Waals surface area contributed by atoms with E-state index < -0.39 is 0 Å². The van der Waals surface area contributed by atoms with E-state index in [0.717, 1.165) is 0 Å². The molecule has 0 aliphatic carbocycles. The molecular formula is C56H63BN2S. The highest BCUT2D eigenvalue weighted by molar-refractivity contribution is 7.26. The fraction of sp³-hybridized carbons (Fsp3) is 0.357. The molecule has 60 heavy (non-hydrogen) atoms. The summed E-state index contributed by atoms with van der Waals surface area (Å²) in [5.74, 6) is 0. The molecule has 0 atom stereocenters. The standard InChI is InChI=1S/C56H63BN2S/c1-52(2,3)34-16-22-39(23-17-34)58-45-26-20-37(55(10,11)12)29-43(45)57-44-33-50-42(41-28-36(54(7,8)9)21-27-49(41)60-50)32-46(44)59(40-24-18-35(19-25-40)53(4,5)6)48-31-38(56(13,14)15)30-47(58)51(48)57/h16-33H,1-15H3. The monoisotopic (exact) mass is 806 g/mol. The van der Waals surface area contributed by atoms with Crippen LogP contribution in [-0.4, -0.2) is 6.71 Å². The van der Waals surface area contributed by atoms with Crippen LogP contribution >= 0.6 is 11.3 Å². The summed E-state index contributed by atoms with van der Waals surface area (Å²) in [6.45, 7) is 35.0. The highest BCUT2D eigenvalue weighted by Crippen LogP contribution is 2.49. The number of anilines is 6. The van der Waals surface area contributed by atoms with Crippen LogP contribution in [0.5, 0.6) is 0 Å². The van der Waals surface area contributed by atoms with Gasteiger partial charge in [-0.2, -0.15) is 0 Å². The van der Waals surface area contributed by atoms with Crippen molar-refractivity contribution in [1.82, 2.24) is 0 Å². The van der Waals surface area contributed by atoms with E-state index in [-0.39, 0.29) is 33.8 Å². The highest BCUT2D eigenvalue weighted by Gasteiger charge is 2.45. The average Bonchev–Trinajstić information content (AvgIpc) is 3.52. The minimum atomic E-state index is -0.0852. The van der Waals surface area contributed by atoms with Crippen LogP contribution in [0.4, 0.5) is 34.1 Å². The lowest BCUT2D eigenvalue weighted by molar-refractivity contribution is 0.589. The lowest BCUT2D eigenvalue weighted by Gasteiger charge is -2.45. The number of rotatable bonds is 2. The molecule has 0 spiro atoms. The molecule has 0 saturated heterocycles. The van der Waals surface area contributed by atoms with Crippen LogP contribution < -0.4 is 26.2 Å². The Balaban J connectivity index is 1.42. The van der Waals surface area contributed by atoms with E-state index in [1.165, 1.54) is 98.5 Å². The maximum Gasteiger partial charge on any atom is 0.252 e. The van der Waals surface area contributed by atoms with Gasteiger partial charge in [-0.05, 0) is 138 Å². The number of hydrogen-bond acceptors (Lipinski definition) is 3. The summed E-state index contributed by atoms with van der Waals surface area (Å²) < 4.78 is 2.70. The maximum absolute atomic E-state index is 2.61. The van der Waals surface area contributed by atoms with Crippen LogP contribution in [0.15, 0.2) is 109 Å². The van der Waals surface area contributed by atoms with Gasteiger partial charge in [0.2, 0.25) is 0 Å². The third-order valence-electron chi connectivity index (χ3n) is 13.2. The summed E-state index contributed by atoms with van der Waals surface area (Å²) >= 11 is 1.94. The van der Waals surface area contributed by atoms with E-state index in [1.807, 2.05) is 11.3 Å². The lowest BCUT2D eigenvalue weighted by Crippen LogP contribution is -2.61. The lowest BCUT2D eigenvalue weighted by atomic mass is 9.33. The predicted molar refractivity (Wildman–Crippen MR) is 267 cm³/mol. The number of benzene rings is 6. The molecule has 0 fully saturated rings. The van der Waals surface area contributed by atoms with Gasteiger partial charge >= 0.3 is 0 Å². The molecule has 3 heterocycles. The largest absolute Gasteiger partial charge is 0.311 e. The Morgan fingerprint density at radius 2 is 0.767 bits per heavy atom. The van der Waals surface area contributed by atoms with Crippen LogP contribution in [-0.2, 0) is 27.1 Å². The minimum absolute atomic E-state index is 0.00799. The van der Waals surface area contributed by atoms with Gasteiger partial charge in [0.1, 0.15) is 0 Å². The summed E-state index contributed by atoms with van der Waals surface area (Å²) in [6.07, 6.45) is 0. The van der Waals surface area contributed by atoms with E-state index in [0.29, 0.717) is 0 Å². The third-order valence-corrected chi connectivity index (χ3v) is 14.4. The molecule has 7 aromatic rings. The van der Waals surface area contributed by atoms with E-state index in [2.05, 4.69) is 223 Å².